The lowest BCUT2D eigenvalue weighted by Gasteiger charge is -2.21. The molecule has 0 bridgehead atoms. The van der Waals surface area contributed by atoms with Crippen molar-refractivity contribution in [3.63, 3.8) is 0 Å². The molecule has 2 N–H and O–H groups in total. The maximum atomic E-state index is 11.3. The Morgan fingerprint density at radius 1 is 1.00 bits per heavy atom. The lowest BCUT2D eigenvalue weighted by Crippen LogP contribution is -2.13. The van der Waals surface area contributed by atoms with E-state index in [1.54, 1.807) is 18.2 Å². The first kappa shape index (κ1) is 21.9. The summed E-state index contributed by atoms with van der Waals surface area (Å²) in [7, 11) is 0. The summed E-state index contributed by atoms with van der Waals surface area (Å²) in [5.74, 6) is -2.18. The zero-order valence-corrected chi connectivity index (χ0v) is 14.8. The molecule has 134 valence electrons. The fourth-order valence-electron chi connectivity index (χ4n) is 2.41. The predicted molar refractivity (Wildman–Crippen MR) is 90.3 cm³/mol. The number of ether oxygens (including phenoxy) is 1. The molecule has 0 saturated carbocycles. The van der Waals surface area contributed by atoms with Crippen LogP contribution in [0.5, 0.6) is 0 Å². The van der Waals surface area contributed by atoms with Gasteiger partial charge in [-0.05, 0) is 29.0 Å². The Morgan fingerprint density at radius 3 is 1.79 bits per heavy atom. The standard InChI is InChI=1S/C17H22O6.ClH/c1-10(2)4-15(23-11(3)18)14-6-12(8-16(19)20)5-13(7-14)9-17(21)22;/h5-7,10,15H,4,8-9H2,1-3H3,(H,19,20)(H,21,22);1H. The summed E-state index contributed by atoms with van der Waals surface area (Å²) < 4.78 is 5.33. The van der Waals surface area contributed by atoms with Crippen molar-refractivity contribution in [3.05, 3.63) is 34.9 Å². The van der Waals surface area contributed by atoms with Gasteiger partial charge in [-0.2, -0.15) is 0 Å². The van der Waals surface area contributed by atoms with Gasteiger partial charge in [0.15, 0.2) is 0 Å². The Balaban J connectivity index is 0.00000529. The van der Waals surface area contributed by atoms with E-state index in [0.717, 1.165) is 0 Å². The Hall–Kier alpha value is -2.08. The second-order valence-electron chi connectivity index (χ2n) is 5.95. The summed E-state index contributed by atoms with van der Waals surface area (Å²) in [5.41, 5.74) is 1.61. The summed E-state index contributed by atoms with van der Waals surface area (Å²) in [6.45, 7) is 5.28. The van der Waals surface area contributed by atoms with E-state index >= 15 is 0 Å². The maximum absolute atomic E-state index is 11.3. The summed E-state index contributed by atoms with van der Waals surface area (Å²) in [5, 5.41) is 17.9. The minimum absolute atomic E-state index is 0. The first-order valence-electron chi connectivity index (χ1n) is 7.41. The highest BCUT2D eigenvalue weighted by Crippen LogP contribution is 2.27. The van der Waals surface area contributed by atoms with Gasteiger partial charge in [-0.1, -0.05) is 32.0 Å². The Morgan fingerprint density at radius 2 is 1.46 bits per heavy atom. The number of halogens is 1. The largest absolute Gasteiger partial charge is 0.481 e. The lowest BCUT2D eigenvalue weighted by atomic mass is 9.94. The molecule has 0 radical (unpaired) electrons. The van der Waals surface area contributed by atoms with Crippen molar-refractivity contribution in [2.24, 2.45) is 5.92 Å². The zero-order chi connectivity index (χ0) is 17.6. The van der Waals surface area contributed by atoms with E-state index < -0.39 is 24.0 Å². The first-order chi connectivity index (χ1) is 10.7. The van der Waals surface area contributed by atoms with E-state index in [4.69, 9.17) is 14.9 Å². The highest BCUT2D eigenvalue weighted by Gasteiger charge is 2.19. The van der Waals surface area contributed by atoms with Gasteiger partial charge in [0.2, 0.25) is 0 Å². The molecule has 0 amide bonds. The van der Waals surface area contributed by atoms with Crippen molar-refractivity contribution in [2.75, 3.05) is 0 Å². The summed E-state index contributed by atoms with van der Waals surface area (Å²) in [6.07, 6.45) is -0.374. The van der Waals surface area contributed by atoms with Crippen LogP contribution in [0.25, 0.3) is 0 Å². The van der Waals surface area contributed by atoms with Gasteiger partial charge < -0.3 is 14.9 Å². The minimum Gasteiger partial charge on any atom is -0.481 e. The molecule has 1 rings (SSSR count). The van der Waals surface area contributed by atoms with Crippen LogP contribution in [0.1, 0.15) is 50.0 Å². The van der Waals surface area contributed by atoms with Gasteiger partial charge >= 0.3 is 17.9 Å². The van der Waals surface area contributed by atoms with Crippen molar-refractivity contribution < 1.29 is 29.3 Å². The van der Waals surface area contributed by atoms with Crippen molar-refractivity contribution >= 4 is 30.3 Å². The van der Waals surface area contributed by atoms with E-state index in [0.29, 0.717) is 23.1 Å². The molecule has 0 spiro atoms. The molecule has 7 heteroatoms. The highest BCUT2D eigenvalue weighted by atomic mass is 35.5. The van der Waals surface area contributed by atoms with Gasteiger partial charge in [0, 0.05) is 6.92 Å². The van der Waals surface area contributed by atoms with Crippen molar-refractivity contribution in [3.8, 4) is 0 Å². The number of benzene rings is 1. The SMILES string of the molecule is CC(=O)OC(CC(C)C)c1cc(CC(=O)O)cc(CC(=O)O)c1.Cl. The number of hydrogen-bond acceptors (Lipinski definition) is 4. The summed E-state index contributed by atoms with van der Waals surface area (Å²) in [4.78, 5) is 33.2. The fraction of sp³-hybridized carbons (Fsp3) is 0.471. The molecule has 0 fully saturated rings. The monoisotopic (exact) mass is 358 g/mol. The normalized spacial score (nSPS) is 11.5. The van der Waals surface area contributed by atoms with Crippen molar-refractivity contribution in [2.45, 2.75) is 46.1 Å². The van der Waals surface area contributed by atoms with E-state index in [1.807, 2.05) is 13.8 Å². The molecule has 1 unspecified atom stereocenters. The van der Waals surface area contributed by atoms with Crippen LogP contribution in [-0.2, 0) is 32.0 Å². The van der Waals surface area contributed by atoms with Gasteiger partial charge in [0.05, 0.1) is 12.8 Å². The molecular weight excluding hydrogens is 336 g/mol. The van der Waals surface area contributed by atoms with Gasteiger partial charge in [-0.3, -0.25) is 14.4 Å². The number of esters is 1. The molecular formula is C17H23ClO6. The number of hydrogen-bond donors (Lipinski definition) is 2. The Kier molecular flexibility index (Phi) is 9.07. The zero-order valence-electron chi connectivity index (χ0n) is 13.9. The summed E-state index contributed by atoms with van der Waals surface area (Å²) >= 11 is 0. The van der Waals surface area contributed by atoms with Crippen LogP contribution in [0.3, 0.4) is 0 Å². The van der Waals surface area contributed by atoms with Crippen LogP contribution in [0.2, 0.25) is 0 Å². The number of carboxylic acids is 2. The van der Waals surface area contributed by atoms with Crippen LogP contribution >= 0.6 is 12.4 Å². The average molecular weight is 359 g/mol. The van der Waals surface area contributed by atoms with E-state index in [9.17, 15) is 14.4 Å². The maximum Gasteiger partial charge on any atom is 0.307 e. The van der Waals surface area contributed by atoms with Gasteiger partial charge in [-0.15, -0.1) is 12.4 Å². The quantitative estimate of drug-likeness (QED) is 0.693. The molecule has 1 aromatic rings. The second kappa shape index (κ2) is 9.93. The van der Waals surface area contributed by atoms with Gasteiger partial charge in [0.25, 0.3) is 0 Å². The number of carboxylic acid groups (broad SMARTS) is 2. The second-order valence-corrected chi connectivity index (χ2v) is 5.95. The molecule has 1 aromatic carbocycles. The summed E-state index contributed by atoms with van der Waals surface area (Å²) in [6, 6.07) is 4.89. The smallest absolute Gasteiger partial charge is 0.307 e. The molecule has 0 aliphatic carbocycles. The molecule has 24 heavy (non-hydrogen) atoms. The molecule has 0 aliphatic rings. The Labute approximate surface area is 147 Å². The van der Waals surface area contributed by atoms with Crippen molar-refractivity contribution in [1.29, 1.82) is 0 Å². The predicted octanol–water partition coefficient (Wildman–Crippen LogP) is 3.01. The molecule has 0 saturated heterocycles. The fourth-order valence-corrected chi connectivity index (χ4v) is 2.41. The van der Waals surface area contributed by atoms with Gasteiger partial charge in [0.1, 0.15) is 6.10 Å². The van der Waals surface area contributed by atoms with Crippen molar-refractivity contribution in [1.82, 2.24) is 0 Å². The van der Waals surface area contributed by atoms with E-state index in [-0.39, 0.29) is 31.2 Å². The lowest BCUT2D eigenvalue weighted by molar-refractivity contribution is -0.147. The number of carbonyl (C=O) groups is 3. The molecule has 0 heterocycles. The minimum atomic E-state index is -1.00. The van der Waals surface area contributed by atoms with Crippen LogP contribution in [-0.4, -0.2) is 28.1 Å². The third-order valence-electron chi connectivity index (χ3n) is 3.15. The first-order valence-corrected chi connectivity index (χ1v) is 7.41. The molecule has 6 nitrogen and oxygen atoms in total. The highest BCUT2D eigenvalue weighted by molar-refractivity contribution is 5.85. The number of aliphatic carboxylic acids is 2. The average Bonchev–Trinajstić information content (AvgIpc) is 2.34. The van der Waals surface area contributed by atoms with Crippen LogP contribution in [0.4, 0.5) is 0 Å². The Bertz CT molecular complexity index is 562. The topological polar surface area (TPSA) is 101 Å². The van der Waals surface area contributed by atoms with Gasteiger partial charge in [-0.25, -0.2) is 0 Å². The molecule has 1 atom stereocenters. The number of carbonyl (C=O) groups excluding carboxylic acids is 1. The van der Waals surface area contributed by atoms with E-state index in [1.165, 1.54) is 6.92 Å². The molecule has 0 aliphatic heterocycles. The molecule has 0 aromatic heterocycles. The number of rotatable bonds is 8. The third kappa shape index (κ3) is 7.97. The van der Waals surface area contributed by atoms with Crippen LogP contribution in [0, 0.1) is 5.92 Å². The van der Waals surface area contributed by atoms with Crippen LogP contribution < -0.4 is 0 Å². The third-order valence-corrected chi connectivity index (χ3v) is 3.15. The van der Waals surface area contributed by atoms with Crippen LogP contribution in [0.15, 0.2) is 18.2 Å². The van der Waals surface area contributed by atoms with E-state index in [2.05, 4.69) is 0 Å².